The van der Waals surface area contributed by atoms with E-state index in [0.717, 1.165) is 0 Å². The number of tetrazole rings is 1. The fourth-order valence-electron chi connectivity index (χ4n) is 0.670. The molecule has 0 fully saturated rings. The third kappa shape index (κ3) is 1.64. The van der Waals surface area contributed by atoms with Crippen LogP contribution in [-0.4, -0.2) is 33.5 Å². The lowest BCUT2D eigenvalue weighted by molar-refractivity contribution is 0.181. The number of rotatable bonds is 3. The van der Waals surface area contributed by atoms with Crippen LogP contribution in [0.5, 0.6) is 0 Å². The summed E-state index contributed by atoms with van der Waals surface area (Å²) in [5.74, 6) is 0. The van der Waals surface area contributed by atoms with Gasteiger partial charge in [-0.15, -0.1) is 0 Å². The smallest absolute Gasteiger partial charge is 0.363 e. The maximum Gasteiger partial charge on any atom is 0.363 e. The first kappa shape index (κ1) is 7.93. The Morgan fingerprint density at radius 1 is 1.55 bits per heavy atom. The summed E-state index contributed by atoms with van der Waals surface area (Å²) in [6.45, 7) is 0.918. The highest BCUT2D eigenvalue weighted by molar-refractivity contribution is 4.54. The Bertz CT molecular complexity index is 276. The molecule has 11 heavy (non-hydrogen) atoms. The number of methoxy groups -OCH3 is 1. The van der Waals surface area contributed by atoms with Crippen molar-refractivity contribution in [1.29, 1.82) is 0 Å². The van der Waals surface area contributed by atoms with Gasteiger partial charge in [-0.3, -0.25) is 0 Å². The van der Waals surface area contributed by atoms with Crippen molar-refractivity contribution in [2.24, 2.45) is 7.05 Å². The predicted molar refractivity (Wildman–Crippen MR) is 37.1 cm³/mol. The summed E-state index contributed by atoms with van der Waals surface area (Å²) in [7, 11) is 3.13. The Morgan fingerprint density at radius 2 is 2.27 bits per heavy atom. The molecule has 0 unspecified atom stereocenters. The van der Waals surface area contributed by atoms with Gasteiger partial charge in [0.25, 0.3) is 0 Å². The van der Waals surface area contributed by atoms with E-state index >= 15 is 0 Å². The highest BCUT2D eigenvalue weighted by atomic mass is 16.5. The van der Waals surface area contributed by atoms with E-state index in [9.17, 15) is 4.79 Å². The van der Waals surface area contributed by atoms with E-state index in [1.165, 1.54) is 9.36 Å². The second-order valence-corrected chi connectivity index (χ2v) is 2.10. The summed E-state index contributed by atoms with van der Waals surface area (Å²) < 4.78 is 7.20. The van der Waals surface area contributed by atoms with Gasteiger partial charge in [-0.2, -0.15) is 9.36 Å². The van der Waals surface area contributed by atoms with Crippen LogP contribution in [-0.2, 0) is 18.3 Å². The van der Waals surface area contributed by atoms with E-state index in [0.29, 0.717) is 13.2 Å². The van der Waals surface area contributed by atoms with Crippen molar-refractivity contribution in [3.8, 4) is 0 Å². The van der Waals surface area contributed by atoms with E-state index < -0.39 is 0 Å². The van der Waals surface area contributed by atoms with Crippen LogP contribution in [0.2, 0.25) is 0 Å². The maximum absolute atomic E-state index is 11.0. The first-order valence-electron chi connectivity index (χ1n) is 3.21. The van der Waals surface area contributed by atoms with Crippen molar-refractivity contribution < 1.29 is 4.74 Å². The minimum Gasteiger partial charge on any atom is -0.383 e. The SMILES string of the molecule is COCCn1nnn(C)c1=O. The third-order valence-corrected chi connectivity index (χ3v) is 1.29. The molecule has 0 aromatic carbocycles. The van der Waals surface area contributed by atoms with Crippen LogP contribution in [0.3, 0.4) is 0 Å². The molecule has 6 heteroatoms. The van der Waals surface area contributed by atoms with E-state index in [2.05, 4.69) is 10.4 Å². The van der Waals surface area contributed by atoms with Crippen molar-refractivity contribution >= 4 is 0 Å². The van der Waals surface area contributed by atoms with Crippen molar-refractivity contribution in [1.82, 2.24) is 19.8 Å². The Hall–Kier alpha value is -1.17. The fraction of sp³-hybridized carbons (Fsp3) is 0.800. The molecule has 1 aromatic rings. The highest BCUT2D eigenvalue weighted by Gasteiger charge is 2.00. The second kappa shape index (κ2) is 3.29. The van der Waals surface area contributed by atoms with Gasteiger partial charge < -0.3 is 4.74 Å². The average Bonchev–Trinajstić information content (AvgIpc) is 2.31. The molecular weight excluding hydrogens is 148 g/mol. The first-order chi connectivity index (χ1) is 5.25. The van der Waals surface area contributed by atoms with Gasteiger partial charge in [0.1, 0.15) is 0 Å². The topological polar surface area (TPSA) is 61.9 Å². The van der Waals surface area contributed by atoms with Crippen LogP contribution in [0, 0.1) is 0 Å². The van der Waals surface area contributed by atoms with Gasteiger partial charge in [0, 0.05) is 14.2 Å². The lowest BCUT2D eigenvalue weighted by Gasteiger charge is -1.94. The average molecular weight is 158 g/mol. The summed E-state index contributed by atoms with van der Waals surface area (Å²) >= 11 is 0. The Labute approximate surface area is 63.4 Å². The van der Waals surface area contributed by atoms with E-state index in [4.69, 9.17) is 4.74 Å². The Balaban J connectivity index is 2.71. The molecule has 6 nitrogen and oxygen atoms in total. The zero-order valence-electron chi connectivity index (χ0n) is 6.52. The molecule has 1 heterocycles. The molecule has 1 rings (SSSR count). The van der Waals surface area contributed by atoms with Crippen LogP contribution in [0.15, 0.2) is 4.79 Å². The molecule has 0 aliphatic heterocycles. The van der Waals surface area contributed by atoms with Gasteiger partial charge in [0.2, 0.25) is 0 Å². The highest BCUT2D eigenvalue weighted by Crippen LogP contribution is 1.73. The van der Waals surface area contributed by atoms with Crippen LogP contribution in [0.25, 0.3) is 0 Å². The minimum absolute atomic E-state index is 0.220. The predicted octanol–water partition coefficient (Wildman–Crippen LogP) is -1.38. The van der Waals surface area contributed by atoms with E-state index in [1.54, 1.807) is 14.2 Å². The molecule has 0 aliphatic carbocycles. The summed E-state index contributed by atoms with van der Waals surface area (Å²) in [6, 6.07) is 0. The number of hydrogen-bond acceptors (Lipinski definition) is 4. The summed E-state index contributed by atoms with van der Waals surface area (Å²) in [5.41, 5.74) is -0.220. The van der Waals surface area contributed by atoms with Crippen molar-refractivity contribution in [2.45, 2.75) is 6.54 Å². The Kier molecular flexibility index (Phi) is 2.37. The molecule has 0 N–H and O–H groups in total. The van der Waals surface area contributed by atoms with Crippen LogP contribution in [0.1, 0.15) is 0 Å². The summed E-state index contributed by atoms with van der Waals surface area (Å²) in [6.07, 6.45) is 0. The molecule has 62 valence electrons. The first-order valence-corrected chi connectivity index (χ1v) is 3.21. The number of aryl methyl sites for hydroxylation is 1. The molecule has 0 spiro atoms. The molecular formula is C5H10N4O2. The molecule has 0 saturated carbocycles. The van der Waals surface area contributed by atoms with Gasteiger partial charge in [0.05, 0.1) is 13.2 Å². The molecule has 0 saturated heterocycles. The zero-order chi connectivity index (χ0) is 8.27. The number of nitrogens with zero attached hydrogens (tertiary/aromatic N) is 4. The number of aromatic nitrogens is 4. The second-order valence-electron chi connectivity index (χ2n) is 2.10. The molecule has 0 aliphatic rings. The van der Waals surface area contributed by atoms with Crippen LogP contribution in [0.4, 0.5) is 0 Å². The monoisotopic (exact) mass is 158 g/mol. The van der Waals surface area contributed by atoms with E-state index in [1.807, 2.05) is 0 Å². The number of ether oxygens (including phenoxy) is 1. The van der Waals surface area contributed by atoms with Gasteiger partial charge in [-0.05, 0) is 10.4 Å². The molecule has 1 aromatic heterocycles. The van der Waals surface area contributed by atoms with Crippen molar-refractivity contribution in [3.05, 3.63) is 10.5 Å². The zero-order valence-corrected chi connectivity index (χ0v) is 6.52. The van der Waals surface area contributed by atoms with Gasteiger partial charge in [-0.1, -0.05) is 0 Å². The largest absolute Gasteiger partial charge is 0.383 e. The maximum atomic E-state index is 11.0. The summed E-state index contributed by atoms with van der Waals surface area (Å²) in [4.78, 5) is 11.0. The van der Waals surface area contributed by atoms with Gasteiger partial charge in [0.15, 0.2) is 0 Å². The van der Waals surface area contributed by atoms with Crippen LogP contribution >= 0.6 is 0 Å². The van der Waals surface area contributed by atoms with E-state index in [-0.39, 0.29) is 5.69 Å². The molecule has 0 bridgehead atoms. The van der Waals surface area contributed by atoms with Gasteiger partial charge in [-0.25, -0.2) is 4.79 Å². The summed E-state index contributed by atoms with van der Waals surface area (Å²) in [5, 5.41) is 7.12. The molecule has 0 radical (unpaired) electrons. The normalized spacial score (nSPS) is 10.4. The van der Waals surface area contributed by atoms with Gasteiger partial charge >= 0.3 is 5.69 Å². The number of hydrogen-bond donors (Lipinski definition) is 0. The molecule has 0 amide bonds. The van der Waals surface area contributed by atoms with Crippen molar-refractivity contribution in [2.75, 3.05) is 13.7 Å². The van der Waals surface area contributed by atoms with Crippen molar-refractivity contribution in [3.63, 3.8) is 0 Å². The minimum atomic E-state index is -0.220. The van der Waals surface area contributed by atoms with Crippen LogP contribution < -0.4 is 5.69 Å². The standard InChI is InChI=1S/C5H10N4O2/c1-8-5(10)9(7-6-8)3-4-11-2/h3-4H2,1-2H3. The lowest BCUT2D eigenvalue weighted by atomic mass is 10.7. The Morgan fingerprint density at radius 3 is 2.73 bits per heavy atom. The molecule has 0 atom stereocenters. The lowest BCUT2D eigenvalue weighted by Crippen LogP contribution is -2.24. The quantitative estimate of drug-likeness (QED) is 0.544. The third-order valence-electron chi connectivity index (χ3n) is 1.29. The fourth-order valence-corrected chi connectivity index (χ4v) is 0.670.